The lowest BCUT2D eigenvalue weighted by atomic mass is 10.0. The average molecular weight is 363 g/mol. The molecule has 0 aliphatic carbocycles. The van der Waals surface area contributed by atoms with Crippen molar-refractivity contribution in [2.75, 3.05) is 0 Å². The SMILES string of the molecule is O=C(O)CCC(Cc1ccccc1)NCc1cc([N+](=O)[O-])ccc1Cl. The van der Waals surface area contributed by atoms with Gasteiger partial charge < -0.3 is 10.4 Å². The van der Waals surface area contributed by atoms with Crippen molar-refractivity contribution in [1.82, 2.24) is 5.32 Å². The van der Waals surface area contributed by atoms with E-state index in [1.165, 1.54) is 18.2 Å². The van der Waals surface area contributed by atoms with Crippen molar-refractivity contribution >= 4 is 23.3 Å². The fourth-order valence-electron chi connectivity index (χ4n) is 2.54. The van der Waals surface area contributed by atoms with E-state index in [2.05, 4.69) is 5.32 Å². The van der Waals surface area contributed by atoms with Crippen LogP contribution in [0.3, 0.4) is 0 Å². The number of carboxylic acids is 1. The third-order valence-corrected chi connectivity index (χ3v) is 4.22. The molecule has 0 saturated carbocycles. The van der Waals surface area contributed by atoms with Crippen LogP contribution in [0.4, 0.5) is 5.69 Å². The summed E-state index contributed by atoms with van der Waals surface area (Å²) in [5, 5.41) is 23.5. The maximum atomic E-state index is 10.9. The number of rotatable bonds is 9. The summed E-state index contributed by atoms with van der Waals surface area (Å²) in [7, 11) is 0. The Kier molecular flexibility index (Phi) is 6.91. The summed E-state index contributed by atoms with van der Waals surface area (Å²) < 4.78 is 0. The normalized spacial score (nSPS) is 11.9. The maximum Gasteiger partial charge on any atom is 0.303 e. The molecule has 0 radical (unpaired) electrons. The van der Waals surface area contributed by atoms with Crippen LogP contribution in [-0.4, -0.2) is 22.0 Å². The number of carbonyl (C=O) groups is 1. The number of nitro benzene ring substituents is 1. The standard InChI is InChI=1S/C18H19ClN2O4/c19-17-8-7-16(21(24)25)11-14(17)12-20-15(6-9-18(22)23)10-13-4-2-1-3-5-13/h1-5,7-8,11,15,20H,6,9-10,12H2,(H,22,23). The average Bonchev–Trinajstić information content (AvgIpc) is 2.59. The highest BCUT2D eigenvalue weighted by molar-refractivity contribution is 6.31. The molecule has 0 amide bonds. The molecule has 1 atom stereocenters. The van der Waals surface area contributed by atoms with E-state index in [1.807, 2.05) is 30.3 Å². The zero-order valence-corrected chi connectivity index (χ0v) is 14.3. The molecule has 2 aromatic rings. The number of hydrogen-bond donors (Lipinski definition) is 2. The number of nitro groups is 1. The number of nitrogens with zero attached hydrogens (tertiary/aromatic N) is 1. The summed E-state index contributed by atoms with van der Waals surface area (Å²) in [4.78, 5) is 21.3. The number of benzene rings is 2. The molecule has 1 unspecified atom stereocenters. The lowest BCUT2D eigenvalue weighted by molar-refractivity contribution is -0.384. The quantitative estimate of drug-likeness (QED) is 0.522. The molecule has 0 fully saturated rings. The highest BCUT2D eigenvalue weighted by Crippen LogP contribution is 2.22. The summed E-state index contributed by atoms with van der Waals surface area (Å²) in [5.74, 6) is -0.853. The summed E-state index contributed by atoms with van der Waals surface area (Å²) in [5.41, 5.74) is 1.69. The zero-order chi connectivity index (χ0) is 18.2. The van der Waals surface area contributed by atoms with E-state index in [9.17, 15) is 14.9 Å². The Morgan fingerprint density at radius 3 is 2.60 bits per heavy atom. The second-order valence-corrected chi connectivity index (χ2v) is 6.14. The van der Waals surface area contributed by atoms with Gasteiger partial charge in [0.25, 0.3) is 5.69 Å². The predicted octanol–water partition coefficient (Wildman–Crippen LogP) is 3.81. The van der Waals surface area contributed by atoms with E-state index in [4.69, 9.17) is 16.7 Å². The first-order chi connectivity index (χ1) is 12.0. The van der Waals surface area contributed by atoms with Gasteiger partial charge in [0.15, 0.2) is 0 Å². The van der Waals surface area contributed by atoms with Crippen molar-refractivity contribution in [2.24, 2.45) is 0 Å². The van der Waals surface area contributed by atoms with Crippen LogP contribution in [0, 0.1) is 10.1 Å². The first kappa shape index (κ1) is 18.9. The predicted molar refractivity (Wildman–Crippen MR) is 95.7 cm³/mol. The molecule has 0 spiro atoms. The van der Waals surface area contributed by atoms with Gasteiger partial charge in [0.05, 0.1) is 4.92 Å². The molecule has 0 saturated heterocycles. The minimum atomic E-state index is -0.853. The number of nitrogens with one attached hydrogen (secondary N) is 1. The minimum Gasteiger partial charge on any atom is -0.481 e. The Balaban J connectivity index is 2.07. The Hall–Kier alpha value is -2.44. The van der Waals surface area contributed by atoms with Gasteiger partial charge in [0.2, 0.25) is 0 Å². The molecule has 2 rings (SSSR count). The molecule has 0 heterocycles. The first-order valence-corrected chi connectivity index (χ1v) is 8.25. The lowest BCUT2D eigenvalue weighted by Crippen LogP contribution is -2.31. The Bertz CT molecular complexity index is 737. The van der Waals surface area contributed by atoms with Crippen LogP contribution in [0.2, 0.25) is 5.02 Å². The van der Waals surface area contributed by atoms with Gasteiger partial charge in [0.1, 0.15) is 0 Å². The Morgan fingerprint density at radius 1 is 1.24 bits per heavy atom. The fourth-order valence-corrected chi connectivity index (χ4v) is 2.72. The summed E-state index contributed by atoms with van der Waals surface area (Å²) >= 11 is 6.12. The van der Waals surface area contributed by atoms with Crippen LogP contribution in [0.15, 0.2) is 48.5 Å². The van der Waals surface area contributed by atoms with E-state index >= 15 is 0 Å². The molecule has 25 heavy (non-hydrogen) atoms. The molecule has 0 aliphatic heterocycles. The highest BCUT2D eigenvalue weighted by atomic mass is 35.5. The molecule has 0 bridgehead atoms. The number of aliphatic carboxylic acids is 1. The van der Waals surface area contributed by atoms with Crippen LogP contribution >= 0.6 is 11.6 Å². The van der Waals surface area contributed by atoms with E-state index in [0.717, 1.165) is 5.56 Å². The monoisotopic (exact) mass is 362 g/mol. The summed E-state index contributed by atoms with van der Waals surface area (Å²) in [6.45, 7) is 0.331. The van der Waals surface area contributed by atoms with E-state index in [1.54, 1.807) is 0 Å². The number of halogens is 1. The third-order valence-electron chi connectivity index (χ3n) is 3.85. The Labute approximate surface area is 150 Å². The van der Waals surface area contributed by atoms with Gasteiger partial charge in [-0.2, -0.15) is 0 Å². The van der Waals surface area contributed by atoms with E-state index < -0.39 is 10.9 Å². The van der Waals surface area contributed by atoms with Crippen LogP contribution in [0.1, 0.15) is 24.0 Å². The molecule has 0 aromatic heterocycles. The fraction of sp³-hybridized carbons (Fsp3) is 0.278. The molecule has 2 N–H and O–H groups in total. The van der Waals surface area contributed by atoms with Gasteiger partial charge in [-0.3, -0.25) is 14.9 Å². The molecule has 6 nitrogen and oxygen atoms in total. The van der Waals surface area contributed by atoms with Crippen LogP contribution in [0.25, 0.3) is 0 Å². The highest BCUT2D eigenvalue weighted by Gasteiger charge is 2.14. The number of hydrogen-bond acceptors (Lipinski definition) is 4. The summed E-state index contributed by atoms with van der Waals surface area (Å²) in [6.07, 6.45) is 1.17. The summed E-state index contributed by atoms with van der Waals surface area (Å²) in [6, 6.07) is 14.0. The van der Waals surface area contributed by atoms with E-state index in [0.29, 0.717) is 30.0 Å². The van der Waals surface area contributed by atoms with Crippen molar-refractivity contribution in [1.29, 1.82) is 0 Å². The largest absolute Gasteiger partial charge is 0.481 e. The van der Waals surface area contributed by atoms with Gasteiger partial charge in [-0.1, -0.05) is 41.9 Å². The van der Waals surface area contributed by atoms with Crippen LogP contribution in [0.5, 0.6) is 0 Å². The van der Waals surface area contributed by atoms with Crippen LogP contribution in [-0.2, 0) is 17.8 Å². The number of non-ortho nitro benzene ring substituents is 1. The smallest absolute Gasteiger partial charge is 0.303 e. The molecular formula is C18H19ClN2O4. The first-order valence-electron chi connectivity index (χ1n) is 7.87. The van der Waals surface area contributed by atoms with Gasteiger partial charge in [-0.05, 0) is 30.0 Å². The molecule has 132 valence electrons. The maximum absolute atomic E-state index is 10.9. The molecule has 2 aromatic carbocycles. The van der Waals surface area contributed by atoms with Crippen molar-refractivity contribution in [3.63, 3.8) is 0 Å². The lowest BCUT2D eigenvalue weighted by Gasteiger charge is -2.19. The topological polar surface area (TPSA) is 92.5 Å². The van der Waals surface area contributed by atoms with Gasteiger partial charge in [0, 0.05) is 36.2 Å². The second kappa shape index (κ2) is 9.15. The van der Waals surface area contributed by atoms with Crippen molar-refractivity contribution in [3.05, 3.63) is 74.8 Å². The van der Waals surface area contributed by atoms with Crippen molar-refractivity contribution < 1.29 is 14.8 Å². The molecular weight excluding hydrogens is 344 g/mol. The van der Waals surface area contributed by atoms with Crippen LogP contribution < -0.4 is 5.32 Å². The van der Waals surface area contributed by atoms with Gasteiger partial charge in [-0.25, -0.2) is 0 Å². The third kappa shape index (κ3) is 6.17. The zero-order valence-electron chi connectivity index (χ0n) is 13.5. The molecule has 7 heteroatoms. The second-order valence-electron chi connectivity index (χ2n) is 5.73. The molecule has 0 aliphatic rings. The van der Waals surface area contributed by atoms with Gasteiger partial charge >= 0.3 is 5.97 Å². The van der Waals surface area contributed by atoms with E-state index in [-0.39, 0.29) is 18.2 Å². The van der Waals surface area contributed by atoms with Crippen molar-refractivity contribution in [2.45, 2.75) is 31.8 Å². The van der Waals surface area contributed by atoms with Crippen molar-refractivity contribution in [3.8, 4) is 0 Å². The van der Waals surface area contributed by atoms with Gasteiger partial charge in [-0.15, -0.1) is 0 Å². The Morgan fingerprint density at radius 2 is 1.96 bits per heavy atom. The number of carboxylic acid groups (broad SMARTS) is 1. The minimum absolute atomic E-state index is 0.0219.